The summed E-state index contributed by atoms with van der Waals surface area (Å²) in [5, 5.41) is 9.85. The van der Waals surface area contributed by atoms with Crippen molar-refractivity contribution in [2.75, 3.05) is 0 Å². The standard InChI is InChI=1S/C16H34O/c1-4-6-7-8-9-10-11-12-13-14-15-16(3,17)5-2/h17H,4-15H2,1-3H3/t16-/m1/s1. The van der Waals surface area contributed by atoms with Gasteiger partial charge in [-0.25, -0.2) is 0 Å². The van der Waals surface area contributed by atoms with E-state index in [1.807, 2.05) is 6.92 Å². The van der Waals surface area contributed by atoms with E-state index in [2.05, 4.69) is 13.8 Å². The average Bonchev–Trinajstić information content (AvgIpc) is 2.31. The largest absolute Gasteiger partial charge is 0.390 e. The first-order valence-electron chi connectivity index (χ1n) is 7.84. The molecule has 0 spiro atoms. The van der Waals surface area contributed by atoms with Crippen molar-refractivity contribution in [2.45, 2.75) is 103 Å². The predicted molar refractivity (Wildman–Crippen MR) is 77.4 cm³/mol. The zero-order valence-corrected chi connectivity index (χ0v) is 12.4. The Balaban J connectivity index is 3.09. The van der Waals surface area contributed by atoms with Gasteiger partial charge in [-0.3, -0.25) is 0 Å². The first-order chi connectivity index (χ1) is 8.12. The lowest BCUT2D eigenvalue weighted by Gasteiger charge is -2.20. The molecule has 0 saturated carbocycles. The molecule has 104 valence electrons. The molecule has 1 heteroatoms. The smallest absolute Gasteiger partial charge is 0.0617 e. The van der Waals surface area contributed by atoms with Gasteiger partial charge in [0, 0.05) is 0 Å². The van der Waals surface area contributed by atoms with Crippen LogP contribution in [0, 0.1) is 0 Å². The Morgan fingerprint density at radius 3 is 1.53 bits per heavy atom. The SMILES string of the molecule is CCCCCCCCCCCC[C@](C)(O)CC. The third-order valence-corrected chi connectivity index (χ3v) is 3.83. The highest BCUT2D eigenvalue weighted by Crippen LogP contribution is 2.19. The van der Waals surface area contributed by atoms with Crippen molar-refractivity contribution in [1.29, 1.82) is 0 Å². The van der Waals surface area contributed by atoms with Gasteiger partial charge >= 0.3 is 0 Å². The molecule has 1 atom stereocenters. The Morgan fingerprint density at radius 2 is 1.12 bits per heavy atom. The van der Waals surface area contributed by atoms with Crippen LogP contribution in [0.1, 0.15) is 97.8 Å². The van der Waals surface area contributed by atoms with Gasteiger partial charge in [-0.15, -0.1) is 0 Å². The van der Waals surface area contributed by atoms with Crippen LogP contribution in [-0.4, -0.2) is 10.7 Å². The van der Waals surface area contributed by atoms with E-state index in [1.54, 1.807) is 0 Å². The minimum absolute atomic E-state index is 0.417. The van der Waals surface area contributed by atoms with E-state index in [4.69, 9.17) is 0 Å². The molecule has 0 aliphatic rings. The van der Waals surface area contributed by atoms with Crippen LogP contribution in [0.15, 0.2) is 0 Å². The molecule has 1 nitrogen and oxygen atoms in total. The second-order valence-electron chi connectivity index (χ2n) is 5.78. The molecule has 0 saturated heterocycles. The molecule has 0 unspecified atom stereocenters. The third-order valence-electron chi connectivity index (χ3n) is 3.83. The third kappa shape index (κ3) is 12.2. The Bertz CT molecular complexity index is 152. The number of aliphatic hydroxyl groups is 1. The summed E-state index contributed by atoms with van der Waals surface area (Å²) in [6, 6.07) is 0. The second kappa shape index (κ2) is 11.1. The molecule has 1 N–H and O–H groups in total. The van der Waals surface area contributed by atoms with Crippen molar-refractivity contribution in [1.82, 2.24) is 0 Å². The van der Waals surface area contributed by atoms with E-state index >= 15 is 0 Å². The molecule has 0 aliphatic heterocycles. The Labute approximate surface area is 109 Å². The van der Waals surface area contributed by atoms with Gasteiger partial charge in [0.1, 0.15) is 0 Å². The lowest BCUT2D eigenvalue weighted by atomic mass is 9.95. The molecule has 0 rings (SSSR count). The van der Waals surface area contributed by atoms with Gasteiger partial charge in [0.15, 0.2) is 0 Å². The molecular weight excluding hydrogens is 208 g/mol. The molecular formula is C16H34O. The molecule has 0 radical (unpaired) electrons. The molecule has 0 amide bonds. The van der Waals surface area contributed by atoms with Gasteiger partial charge in [0.25, 0.3) is 0 Å². The van der Waals surface area contributed by atoms with Crippen LogP contribution in [-0.2, 0) is 0 Å². The normalized spacial score (nSPS) is 14.8. The highest BCUT2D eigenvalue weighted by Gasteiger charge is 2.15. The van der Waals surface area contributed by atoms with Crippen molar-refractivity contribution in [3.05, 3.63) is 0 Å². The molecule has 0 fully saturated rings. The van der Waals surface area contributed by atoms with Crippen LogP contribution >= 0.6 is 0 Å². The van der Waals surface area contributed by atoms with Crippen LogP contribution in [0.3, 0.4) is 0 Å². The van der Waals surface area contributed by atoms with Crippen LogP contribution in [0.2, 0.25) is 0 Å². The molecule has 0 aromatic rings. The quantitative estimate of drug-likeness (QED) is 0.451. The molecule has 0 aromatic heterocycles. The molecule has 0 bridgehead atoms. The fourth-order valence-electron chi connectivity index (χ4n) is 2.17. The highest BCUT2D eigenvalue weighted by atomic mass is 16.3. The predicted octanol–water partition coefficient (Wildman–Crippen LogP) is 5.46. The van der Waals surface area contributed by atoms with Gasteiger partial charge in [-0.1, -0.05) is 78.1 Å². The lowest BCUT2D eigenvalue weighted by molar-refractivity contribution is 0.0442. The lowest BCUT2D eigenvalue weighted by Crippen LogP contribution is -2.22. The zero-order valence-electron chi connectivity index (χ0n) is 12.4. The van der Waals surface area contributed by atoms with Gasteiger partial charge in [-0.05, 0) is 19.8 Å². The van der Waals surface area contributed by atoms with Crippen LogP contribution in [0.5, 0.6) is 0 Å². The summed E-state index contributed by atoms with van der Waals surface area (Å²) in [5.74, 6) is 0. The Morgan fingerprint density at radius 1 is 0.706 bits per heavy atom. The highest BCUT2D eigenvalue weighted by molar-refractivity contribution is 4.69. The second-order valence-corrected chi connectivity index (χ2v) is 5.78. The molecule has 0 heterocycles. The van der Waals surface area contributed by atoms with E-state index < -0.39 is 5.60 Å². The number of hydrogen-bond acceptors (Lipinski definition) is 1. The van der Waals surface area contributed by atoms with Gasteiger partial charge in [-0.2, -0.15) is 0 Å². The van der Waals surface area contributed by atoms with Crippen molar-refractivity contribution in [3.8, 4) is 0 Å². The Hall–Kier alpha value is -0.0400. The maximum Gasteiger partial charge on any atom is 0.0617 e. The van der Waals surface area contributed by atoms with Gasteiger partial charge in [0.2, 0.25) is 0 Å². The summed E-state index contributed by atoms with van der Waals surface area (Å²) in [4.78, 5) is 0. The maximum absolute atomic E-state index is 9.85. The van der Waals surface area contributed by atoms with Crippen molar-refractivity contribution in [3.63, 3.8) is 0 Å². The van der Waals surface area contributed by atoms with E-state index in [-0.39, 0.29) is 0 Å². The van der Waals surface area contributed by atoms with Gasteiger partial charge < -0.3 is 5.11 Å². The molecule has 0 aromatic carbocycles. The number of rotatable bonds is 12. The summed E-state index contributed by atoms with van der Waals surface area (Å²) < 4.78 is 0. The van der Waals surface area contributed by atoms with Crippen LogP contribution in [0.25, 0.3) is 0 Å². The topological polar surface area (TPSA) is 20.2 Å². The van der Waals surface area contributed by atoms with Crippen molar-refractivity contribution in [2.24, 2.45) is 0 Å². The van der Waals surface area contributed by atoms with Crippen LogP contribution in [0.4, 0.5) is 0 Å². The van der Waals surface area contributed by atoms with E-state index in [9.17, 15) is 5.11 Å². The first kappa shape index (κ1) is 17.0. The first-order valence-corrected chi connectivity index (χ1v) is 7.84. The van der Waals surface area contributed by atoms with E-state index in [0.717, 1.165) is 12.8 Å². The monoisotopic (exact) mass is 242 g/mol. The van der Waals surface area contributed by atoms with Crippen LogP contribution < -0.4 is 0 Å². The summed E-state index contributed by atoms with van der Waals surface area (Å²) in [5.41, 5.74) is -0.417. The van der Waals surface area contributed by atoms with Crippen molar-refractivity contribution < 1.29 is 5.11 Å². The minimum Gasteiger partial charge on any atom is -0.390 e. The average molecular weight is 242 g/mol. The fourth-order valence-corrected chi connectivity index (χ4v) is 2.17. The Kier molecular flexibility index (Phi) is 11.0. The molecule has 0 aliphatic carbocycles. The summed E-state index contributed by atoms with van der Waals surface area (Å²) in [7, 11) is 0. The minimum atomic E-state index is -0.417. The van der Waals surface area contributed by atoms with E-state index in [1.165, 1.54) is 64.2 Å². The summed E-state index contributed by atoms with van der Waals surface area (Å²) >= 11 is 0. The summed E-state index contributed by atoms with van der Waals surface area (Å²) in [6.07, 6.45) is 15.5. The van der Waals surface area contributed by atoms with Gasteiger partial charge in [0.05, 0.1) is 5.60 Å². The number of hydrogen-bond donors (Lipinski definition) is 1. The summed E-state index contributed by atoms with van der Waals surface area (Å²) in [6.45, 7) is 6.29. The number of unbranched alkanes of at least 4 members (excludes halogenated alkanes) is 9. The van der Waals surface area contributed by atoms with Crippen molar-refractivity contribution >= 4 is 0 Å². The molecule has 17 heavy (non-hydrogen) atoms. The maximum atomic E-state index is 9.85. The van der Waals surface area contributed by atoms with E-state index in [0.29, 0.717) is 0 Å². The fraction of sp³-hybridized carbons (Fsp3) is 1.00. The zero-order chi connectivity index (χ0) is 13.0.